The molecule has 1 aliphatic rings. The fourth-order valence-electron chi connectivity index (χ4n) is 2.31. The highest BCUT2D eigenvalue weighted by molar-refractivity contribution is 9.10. The van der Waals surface area contributed by atoms with Crippen LogP contribution < -0.4 is 5.32 Å². The van der Waals surface area contributed by atoms with E-state index in [1.165, 1.54) is 12.1 Å². The first-order valence-electron chi connectivity index (χ1n) is 6.66. The molecule has 0 atom stereocenters. The number of carbonyl (C=O) groups excluding carboxylic acids is 1. The van der Waals surface area contributed by atoms with Crippen molar-refractivity contribution in [3.05, 3.63) is 28.5 Å². The molecule has 4 nitrogen and oxygen atoms in total. The number of nitrogens with one attached hydrogen (secondary N) is 1. The van der Waals surface area contributed by atoms with Gasteiger partial charge in [-0.3, -0.25) is 9.69 Å². The van der Waals surface area contributed by atoms with Gasteiger partial charge in [-0.15, -0.1) is 0 Å². The van der Waals surface area contributed by atoms with Crippen molar-refractivity contribution in [2.45, 2.75) is 12.8 Å². The van der Waals surface area contributed by atoms with Gasteiger partial charge in [-0.1, -0.05) is 15.9 Å². The summed E-state index contributed by atoms with van der Waals surface area (Å²) in [5, 5.41) is 11.6. The Bertz CT molecular complexity index is 476. The second kappa shape index (κ2) is 7.15. The molecule has 0 aromatic heterocycles. The van der Waals surface area contributed by atoms with Gasteiger partial charge in [0.25, 0.3) is 0 Å². The molecule has 2 N–H and O–H groups in total. The maximum absolute atomic E-state index is 13.6. The molecule has 1 fully saturated rings. The van der Waals surface area contributed by atoms with Crippen LogP contribution in [-0.2, 0) is 4.79 Å². The number of likely N-dealkylation sites (tertiary alicyclic amines) is 1. The predicted molar refractivity (Wildman–Crippen MR) is 79.0 cm³/mol. The topological polar surface area (TPSA) is 52.6 Å². The van der Waals surface area contributed by atoms with Crippen molar-refractivity contribution in [3.63, 3.8) is 0 Å². The summed E-state index contributed by atoms with van der Waals surface area (Å²) in [7, 11) is 0. The number of anilines is 1. The molecule has 1 aromatic carbocycles. The third kappa shape index (κ3) is 4.26. The Morgan fingerprint density at radius 1 is 1.45 bits per heavy atom. The average Bonchev–Trinajstić information content (AvgIpc) is 2.43. The second-order valence-electron chi connectivity index (χ2n) is 5.07. The van der Waals surface area contributed by atoms with Crippen molar-refractivity contribution in [3.8, 4) is 0 Å². The molecule has 2 rings (SSSR count). The fraction of sp³-hybridized carbons (Fsp3) is 0.500. The zero-order chi connectivity index (χ0) is 14.5. The summed E-state index contributed by atoms with van der Waals surface area (Å²) in [4.78, 5) is 13.9. The maximum Gasteiger partial charge on any atom is 0.238 e. The van der Waals surface area contributed by atoms with Gasteiger partial charge in [0.05, 0.1) is 12.2 Å². The van der Waals surface area contributed by atoms with Crippen LogP contribution in [-0.4, -0.2) is 42.2 Å². The quantitative estimate of drug-likeness (QED) is 0.880. The van der Waals surface area contributed by atoms with Crippen molar-refractivity contribution < 1.29 is 14.3 Å². The monoisotopic (exact) mass is 344 g/mol. The molecule has 0 bridgehead atoms. The Hall–Kier alpha value is -0.980. The number of nitrogens with zero attached hydrogens (tertiary/aromatic N) is 1. The molecule has 0 aliphatic carbocycles. The third-order valence-electron chi connectivity index (χ3n) is 3.54. The van der Waals surface area contributed by atoms with E-state index in [0.29, 0.717) is 10.4 Å². The number of piperidine rings is 1. The minimum atomic E-state index is -0.452. The van der Waals surface area contributed by atoms with Crippen LogP contribution in [0, 0.1) is 11.7 Å². The number of halogens is 2. The number of benzene rings is 1. The first-order chi connectivity index (χ1) is 9.58. The molecular formula is C14H18BrFN2O2. The number of hydrogen-bond acceptors (Lipinski definition) is 3. The lowest BCUT2D eigenvalue weighted by Gasteiger charge is -2.30. The predicted octanol–water partition coefficient (Wildman–Crippen LogP) is 2.23. The van der Waals surface area contributed by atoms with Crippen molar-refractivity contribution in [2.75, 3.05) is 31.6 Å². The molecule has 1 saturated heterocycles. The zero-order valence-corrected chi connectivity index (χ0v) is 12.7. The standard InChI is InChI=1S/C14H18BrFN2O2/c15-11-1-2-13(12(16)7-11)17-14(20)8-18-5-3-10(9-19)4-6-18/h1-2,7,10,19H,3-6,8-9H2,(H,17,20). The number of hydrogen-bond donors (Lipinski definition) is 2. The van der Waals surface area contributed by atoms with Gasteiger partial charge in [-0.05, 0) is 50.0 Å². The summed E-state index contributed by atoms with van der Waals surface area (Å²) in [6.07, 6.45) is 1.80. The van der Waals surface area contributed by atoms with Crippen LogP contribution in [0.2, 0.25) is 0 Å². The van der Waals surface area contributed by atoms with Crippen LogP contribution in [0.4, 0.5) is 10.1 Å². The molecule has 110 valence electrons. The summed E-state index contributed by atoms with van der Waals surface area (Å²) in [5.41, 5.74) is 0.198. The van der Waals surface area contributed by atoms with Gasteiger partial charge in [0.1, 0.15) is 5.82 Å². The Morgan fingerprint density at radius 3 is 2.75 bits per heavy atom. The molecule has 1 amide bonds. The number of carbonyl (C=O) groups is 1. The number of aliphatic hydroxyl groups excluding tert-OH is 1. The summed E-state index contributed by atoms with van der Waals surface area (Å²) in [6, 6.07) is 4.54. The van der Waals surface area contributed by atoms with Crippen molar-refractivity contribution in [1.82, 2.24) is 4.90 Å². The Labute approximate surface area is 126 Å². The molecular weight excluding hydrogens is 327 g/mol. The molecule has 6 heteroatoms. The number of aliphatic hydroxyl groups is 1. The number of amides is 1. The highest BCUT2D eigenvalue weighted by Crippen LogP contribution is 2.20. The smallest absolute Gasteiger partial charge is 0.238 e. The molecule has 0 spiro atoms. The normalized spacial score (nSPS) is 17.1. The second-order valence-corrected chi connectivity index (χ2v) is 5.99. The minimum absolute atomic E-state index is 0.198. The summed E-state index contributed by atoms with van der Waals surface area (Å²) in [5.74, 6) is -0.321. The van der Waals surface area contributed by atoms with E-state index in [4.69, 9.17) is 5.11 Å². The Morgan fingerprint density at radius 2 is 2.15 bits per heavy atom. The highest BCUT2D eigenvalue weighted by atomic mass is 79.9. The van der Waals surface area contributed by atoms with E-state index >= 15 is 0 Å². The van der Waals surface area contributed by atoms with E-state index in [-0.39, 0.29) is 24.7 Å². The third-order valence-corrected chi connectivity index (χ3v) is 4.03. The molecule has 1 heterocycles. The largest absolute Gasteiger partial charge is 0.396 e. The molecule has 0 saturated carbocycles. The van der Waals surface area contributed by atoms with Crippen LogP contribution >= 0.6 is 15.9 Å². The van der Waals surface area contributed by atoms with Crippen LogP contribution in [0.5, 0.6) is 0 Å². The van der Waals surface area contributed by atoms with E-state index in [0.717, 1.165) is 25.9 Å². The number of rotatable bonds is 4. The summed E-state index contributed by atoms with van der Waals surface area (Å²) in [6.45, 7) is 2.06. The van der Waals surface area contributed by atoms with E-state index in [1.807, 2.05) is 4.90 Å². The average molecular weight is 345 g/mol. The van der Waals surface area contributed by atoms with Crippen LogP contribution in [0.25, 0.3) is 0 Å². The molecule has 0 radical (unpaired) electrons. The van der Waals surface area contributed by atoms with E-state index in [9.17, 15) is 9.18 Å². The van der Waals surface area contributed by atoms with Gasteiger partial charge in [-0.25, -0.2) is 4.39 Å². The van der Waals surface area contributed by atoms with Gasteiger partial charge in [0.2, 0.25) is 5.91 Å². The van der Waals surface area contributed by atoms with Gasteiger partial charge in [0.15, 0.2) is 0 Å². The van der Waals surface area contributed by atoms with Gasteiger partial charge < -0.3 is 10.4 Å². The fourth-order valence-corrected chi connectivity index (χ4v) is 2.64. The van der Waals surface area contributed by atoms with E-state index < -0.39 is 5.82 Å². The molecule has 1 aliphatic heterocycles. The van der Waals surface area contributed by atoms with Gasteiger partial charge in [0, 0.05) is 11.1 Å². The lowest BCUT2D eigenvalue weighted by Crippen LogP contribution is -2.39. The first-order valence-corrected chi connectivity index (χ1v) is 7.46. The minimum Gasteiger partial charge on any atom is -0.396 e. The van der Waals surface area contributed by atoms with E-state index in [1.54, 1.807) is 6.07 Å². The van der Waals surface area contributed by atoms with Crippen LogP contribution in [0.15, 0.2) is 22.7 Å². The molecule has 1 aromatic rings. The molecule has 0 unspecified atom stereocenters. The Balaban J connectivity index is 1.84. The summed E-state index contributed by atoms with van der Waals surface area (Å²) >= 11 is 3.17. The van der Waals surface area contributed by atoms with Crippen LogP contribution in [0.3, 0.4) is 0 Å². The lowest BCUT2D eigenvalue weighted by atomic mass is 9.98. The molecule has 20 heavy (non-hydrogen) atoms. The summed E-state index contributed by atoms with van der Waals surface area (Å²) < 4.78 is 14.2. The van der Waals surface area contributed by atoms with Crippen LogP contribution in [0.1, 0.15) is 12.8 Å². The highest BCUT2D eigenvalue weighted by Gasteiger charge is 2.20. The van der Waals surface area contributed by atoms with Gasteiger partial charge >= 0.3 is 0 Å². The first kappa shape index (κ1) is 15.4. The SMILES string of the molecule is O=C(CN1CCC(CO)CC1)Nc1ccc(Br)cc1F. The Kier molecular flexibility index (Phi) is 5.51. The lowest BCUT2D eigenvalue weighted by molar-refractivity contribution is -0.117. The van der Waals surface area contributed by atoms with Crippen molar-refractivity contribution in [2.24, 2.45) is 5.92 Å². The van der Waals surface area contributed by atoms with E-state index in [2.05, 4.69) is 21.2 Å². The van der Waals surface area contributed by atoms with Crippen molar-refractivity contribution in [1.29, 1.82) is 0 Å². The van der Waals surface area contributed by atoms with Gasteiger partial charge in [-0.2, -0.15) is 0 Å². The zero-order valence-electron chi connectivity index (χ0n) is 11.1. The maximum atomic E-state index is 13.6. The van der Waals surface area contributed by atoms with Crippen molar-refractivity contribution >= 4 is 27.5 Å².